The second-order valence-corrected chi connectivity index (χ2v) is 11.1. The summed E-state index contributed by atoms with van der Waals surface area (Å²) in [5.74, 6) is 0.315. The lowest BCUT2D eigenvalue weighted by Crippen LogP contribution is -2.38. The van der Waals surface area contributed by atoms with Crippen LogP contribution in [0.3, 0.4) is 0 Å². The first-order valence-electron chi connectivity index (χ1n) is 10.8. The van der Waals surface area contributed by atoms with Gasteiger partial charge in [0.05, 0.1) is 33.5 Å². The smallest absolute Gasteiger partial charge is 0.240 e. The highest BCUT2D eigenvalue weighted by molar-refractivity contribution is 7.89. The van der Waals surface area contributed by atoms with Gasteiger partial charge in [-0.3, -0.25) is 4.40 Å². The number of imidazole rings is 1. The van der Waals surface area contributed by atoms with Crippen molar-refractivity contribution in [1.29, 1.82) is 0 Å². The molecule has 1 aliphatic carbocycles. The van der Waals surface area contributed by atoms with Gasteiger partial charge >= 0.3 is 0 Å². The third kappa shape index (κ3) is 4.26. The number of fused-ring (bicyclic) bond motifs is 1. The largest absolute Gasteiger partial charge is 0.393 e. The van der Waals surface area contributed by atoms with Gasteiger partial charge < -0.3 is 10.8 Å². The maximum atomic E-state index is 13.1. The average Bonchev–Trinajstić information content (AvgIpc) is 3.46. The van der Waals surface area contributed by atoms with Crippen LogP contribution in [0.2, 0.25) is 0 Å². The van der Waals surface area contributed by atoms with Crippen molar-refractivity contribution in [3.63, 3.8) is 0 Å². The zero-order valence-corrected chi connectivity index (χ0v) is 19.7. The van der Waals surface area contributed by atoms with Crippen molar-refractivity contribution in [2.24, 2.45) is 0 Å². The zero-order chi connectivity index (χ0) is 23.2. The molecule has 33 heavy (non-hydrogen) atoms. The Morgan fingerprint density at radius 2 is 2.00 bits per heavy atom. The Bertz CT molecular complexity index is 1410. The predicted molar refractivity (Wildman–Crippen MR) is 129 cm³/mol. The summed E-state index contributed by atoms with van der Waals surface area (Å²) in [6, 6.07) is 8.87. The van der Waals surface area contributed by atoms with E-state index in [9.17, 15) is 13.5 Å². The summed E-state index contributed by atoms with van der Waals surface area (Å²) >= 11 is 1.57. The van der Waals surface area contributed by atoms with Crippen LogP contribution in [0.15, 0.2) is 53.0 Å². The Balaban J connectivity index is 1.54. The summed E-state index contributed by atoms with van der Waals surface area (Å²) < 4.78 is 30.9. The molecule has 0 saturated heterocycles. The van der Waals surface area contributed by atoms with Crippen molar-refractivity contribution in [3.8, 4) is 21.8 Å². The van der Waals surface area contributed by atoms with Gasteiger partial charge in [-0.25, -0.2) is 23.1 Å². The fourth-order valence-corrected chi connectivity index (χ4v) is 6.29. The van der Waals surface area contributed by atoms with E-state index in [4.69, 9.17) is 5.73 Å². The number of aromatic nitrogens is 3. The lowest BCUT2D eigenvalue weighted by Gasteiger charge is -2.26. The van der Waals surface area contributed by atoms with Crippen LogP contribution >= 0.6 is 11.3 Å². The Morgan fingerprint density at radius 1 is 1.21 bits per heavy atom. The van der Waals surface area contributed by atoms with Crippen molar-refractivity contribution in [3.05, 3.63) is 53.7 Å². The van der Waals surface area contributed by atoms with Gasteiger partial charge in [-0.1, -0.05) is 12.1 Å². The second-order valence-electron chi connectivity index (χ2n) is 8.43. The van der Waals surface area contributed by atoms with Crippen molar-refractivity contribution >= 4 is 32.8 Å². The molecule has 1 aromatic carbocycles. The molecule has 4 N–H and O–H groups in total. The topological polar surface area (TPSA) is 123 Å². The van der Waals surface area contributed by atoms with Crippen molar-refractivity contribution < 1.29 is 13.5 Å². The zero-order valence-electron chi connectivity index (χ0n) is 18.1. The van der Waals surface area contributed by atoms with Crippen molar-refractivity contribution in [1.82, 2.24) is 19.1 Å². The number of hydrogen-bond acceptors (Lipinski definition) is 7. The van der Waals surface area contributed by atoms with Gasteiger partial charge in [-0.15, -0.1) is 11.3 Å². The fourth-order valence-electron chi connectivity index (χ4n) is 4.28. The number of aliphatic hydroxyl groups is 1. The summed E-state index contributed by atoms with van der Waals surface area (Å²) in [7, 11) is -3.71. The number of hydrogen-bond donors (Lipinski definition) is 3. The fraction of sp³-hybridized carbons (Fsp3) is 0.304. The first-order chi connectivity index (χ1) is 15.8. The Kier molecular flexibility index (Phi) is 5.69. The number of nitrogens with two attached hydrogens (primary N) is 1. The number of nitrogens with one attached hydrogen (secondary N) is 1. The minimum atomic E-state index is -3.71. The number of anilines is 1. The SMILES string of the molecule is Cc1ccc(S(=O)(=O)N[C@H]2CC[C@H](O)CC2)cc1-c1cnc2c(N)nc(-c3cccs3)cn12. The molecule has 4 aromatic rings. The average molecular weight is 484 g/mol. The number of rotatable bonds is 5. The van der Waals surface area contributed by atoms with Gasteiger partial charge in [0.15, 0.2) is 11.5 Å². The number of thiophene rings is 1. The summed E-state index contributed by atoms with van der Waals surface area (Å²) in [5, 5.41) is 11.7. The lowest BCUT2D eigenvalue weighted by atomic mass is 9.94. The van der Waals surface area contributed by atoms with Crippen LogP contribution < -0.4 is 10.5 Å². The molecule has 1 fully saturated rings. The molecule has 0 amide bonds. The number of nitrogens with zero attached hydrogens (tertiary/aromatic N) is 3. The lowest BCUT2D eigenvalue weighted by molar-refractivity contribution is 0.120. The van der Waals surface area contributed by atoms with Crippen LogP contribution in [-0.2, 0) is 10.0 Å². The standard InChI is InChI=1S/C23H25N5O3S2/c1-14-4-9-17(33(30,31)27-15-5-7-16(29)8-6-15)11-18(14)20-12-25-23-22(24)26-19(13-28(20)23)21-3-2-10-32-21/h2-4,9-13,15-16,27,29H,5-8H2,1H3,(H2,24,26)/t15-,16-. The molecule has 8 nitrogen and oxygen atoms in total. The van der Waals surface area contributed by atoms with E-state index < -0.39 is 10.0 Å². The Hall–Kier alpha value is -2.79. The summed E-state index contributed by atoms with van der Waals surface area (Å²) in [4.78, 5) is 10.1. The van der Waals surface area contributed by atoms with Crippen LogP contribution in [0.4, 0.5) is 5.82 Å². The molecular weight excluding hydrogens is 458 g/mol. The van der Waals surface area contributed by atoms with Crippen molar-refractivity contribution in [2.75, 3.05) is 5.73 Å². The van der Waals surface area contributed by atoms with Gasteiger partial charge in [0.25, 0.3) is 0 Å². The maximum Gasteiger partial charge on any atom is 0.240 e. The van der Waals surface area contributed by atoms with E-state index in [0.29, 0.717) is 37.1 Å². The van der Waals surface area contributed by atoms with Gasteiger partial charge in [0.2, 0.25) is 10.0 Å². The van der Waals surface area contributed by atoms with E-state index in [-0.39, 0.29) is 17.0 Å². The molecule has 1 saturated carbocycles. The van der Waals surface area contributed by atoms with Gasteiger partial charge in [-0.2, -0.15) is 0 Å². The first kappa shape index (κ1) is 22.0. The molecule has 3 heterocycles. The molecule has 0 atom stereocenters. The quantitative estimate of drug-likeness (QED) is 0.399. The first-order valence-corrected chi connectivity index (χ1v) is 13.2. The molecule has 10 heteroatoms. The highest BCUT2D eigenvalue weighted by Crippen LogP contribution is 2.31. The monoisotopic (exact) mass is 483 g/mol. The van der Waals surface area contributed by atoms with Crippen LogP contribution in [0, 0.1) is 6.92 Å². The van der Waals surface area contributed by atoms with Crippen molar-refractivity contribution in [2.45, 2.75) is 49.6 Å². The van der Waals surface area contributed by atoms with E-state index >= 15 is 0 Å². The minimum Gasteiger partial charge on any atom is -0.393 e. The maximum absolute atomic E-state index is 13.1. The molecule has 1 aliphatic rings. The van der Waals surface area contributed by atoms with E-state index in [2.05, 4.69) is 14.7 Å². The highest BCUT2D eigenvalue weighted by Gasteiger charge is 2.25. The summed E-state index contributed by atoms with van der Waals surface area (Å²) in [6.07, 6.45) is 5.71. The minimum absolute atomic E-state index is 0.168. The highest BCUT2D eigenvalue weighted by atomic mass is 32.2. The molecule has 0 aliphatic heterocycles. The molecule has 0 spiro atoms. The molecule has 5 rings (SSSR count). The predicted octanol–water partition coefficient (Wildman–Crippen LogP) is 3.60. The second kappa shape index (κ2) is 8.53. The van der Waals surface area contributed by atoms with Gasteiger partial charge in [-0.05, 0) is 61.7 Å². The van der Waals surface area contributed by atoms with Crippen LogP contribution in [0.25, 0.3) is 27.5 Å². The van der Waals surface area contributed by atoms with Gasteiger partial charge in [0.1, 0.15) is 0 Å². The van der Waals surface area contributed by atoms with E-state index in [0.717, 1.165) is 27.4 Å². The number of benzene rings is 1. The molecular formula is C23H25N5O3S2. The summed E-state index contributed by atoms with van der Waals surface area (Å²) in [6.45, 7) is 1.94. The Morgan fingerprint density at radius 3 is 2.73 bits per heavy atom. The molecule has 0 bridgehead atoms. The van der Waals surface area contributed by atoms with E-state index in [1.54, 1.807) is 35.7 Å². The molecule has 3 aromatic heterocycles. The number of aryl methyl sites for hydroxylation is 1. The van der Waals surface area contributed by atoms with E-state index in [1.807, 2.05) is 35.0 Å². The normalized spacial score (nSPS) is 19.2. The number of sulfonamides is 1. The molecule has 0 unspecified atom stereocenters. The summed E-state index contributed by atoms with van der Waals surface area (Å²) in [5.41, 5.74) is 9.87. The number of aliphatic hydroxyl groups excluding tert-OH is 1. The van der Waals surface area contributed by atoms with E-state index in [1.165, 1.54) is 0 Å². The van der Waals surface area contributed by atoms with Crippen LogP contribution in [-0.4, -0.2) is 40.0 Å². The third-order valence-electron chi connectivity index (χ3n) is 6.11. The third-order valence-corrected chi connectivity index (χ3v) is 8.52. The molecule has 172 valence electrons. The van der Waals surface area contributed by atoms with Crippen LogP contribution in [0.1, 0.15) is 31.2 Å². The Labute approximate surface area is 196 Å². The molecule has 0 radical (unpaired) electrons. The van der Waals surface area contributed by atoms with Gasteiger partial charge in [0, 0.05) is 17.8 Å². The van der Waals surface area contributed by atoms with Crippen LogP contribution in [0.5, 0.6) is 0 Å². The number of nitrogen functional groups attached to an aromatic ring is 1.